The summed E-state index contributed by atoms with van der Waals surface area (Å²) in [4.78, 5) is 11.2. The summed E-state index contributed by atoms with van der Waals surface area (Å²) in [7, 11) is 0. The van der Waals surface area contributed by atoms with E-state index in [1.165, 1.54) is 0 Å². The van der Waals surface area contributed by atoms with Gasteiger partial charge in [0.2, 0.25) is 0 Å². The van der Waals surface area contributed by atoms with E-state index in [-0.39, 0.29) is 5.56 Å². The minimum Gasteiger partial charge on any atom is -0.477 e. The molecule has 0 atom stereocenters. The number of aromatic nitrogens is 3. The first-order chi connectivity index (χ1) is 8.67. The molecule has 0 amide bonds. The van der Waals surface area contributed by atoms with E-state index in [0.717, 1.165) is 13.0 Å². The largest absolute Gasteiger partial charge is 0.477 e. The van der Waals surface area contributed by atoms with Crippen LogP contribution in [-0.2, 0) is 13.0 Å². The van der Waals surface area contributed by atoms with Gasteiger partial charge in [-0.25, -0.2) is 4.79 Å². The summed E-state index contributed by atoms with van der Waals surface area (Å²) in [5.74, 6) is -0.632. The highest BCUT2D eigenvalue weighted by Crippen LogP contribution is 2.25. The molecular weight excluding hydrogens is 234 g/mol. The fraction of sp³-hybridized carbons (Fsp3) is 0.417. The Bertz CT molecular complexity index is 557. The number of aromatic carboxylic acids is 1. The highest BCUT2D eigenvalue weighted by Gasteiger charge is 2.23. The van der Waals surface area contributed by atoms with Crippen LogP contribution in [0.3, 0.4) is 0 Å². The molecule has 0 unspecified atom stereocenters. The lowest BCUT2D eigenvalue weighted by Gasteiger charge is -1.96. The summed E-state index contributed by atoms with van der Waals surface area (Å²) < 4.78 is 6.83. The van der Waals surface area contributed by atoms with E-state index in [9.17, 15) is 9.90 Å². The van der Waals surface area contributed by atoms with Crippen molar-refractivity contribution >= 4 is 5.97 Å². The van der Waals surface area contributed by atoms with E-state index >= 15 is 0 Å². The zero-order chi connectivity index (χ0) is 13.1. The van der Waals surface area contributed by atoms with Crippen molar-refractivity contribution in [3.8, 4) is 11.3 Å². The Balaban J connectivity index is 2.43. The molecule has 18 heavy (non-hydrogen) atoms. The van der Waals surface area contributed by atoms with Gasteiger partial charge < -0.3 is 9.63 Å². The maximum absolute atomic E-state index is 11.2. The van der Waals surface area contributed by atoms with Crippen LogP contribution in [-0.4, -0.2) is 26.0 Å². The number of rotatable bonds is 5. The van der Waals surface area contributed by atoms with Gasteiger partial charge in [0.25, 0.3) is 0 Å². The lowest BCUT2D eigenvalue weighted by atomic mass is 10.1. The molecule has 0 fully saturated rings. The summed E-state index contributed by atoms with van der Waals surface area (Å²) in [5, 5.41) is 17.2. The van der Waals surface area contributed by atoms with E-state index in [4.69, 9.17) is 4.52 Å². The molecule has 6 heteroatoms. The number of carboxylic acid groups (broad SMARTS) is 1. The molecule has 0 aliphatic heterocycles. The Kier molecular flexibility index (Phi) is 3.45. The smallest absolute Gasteiger partial charge is 0.341 e. The van der Waals surface area contributed by atoms with Gasteiger partial charge in [0.05, 0.1) is 6.20 Å². The molecule has 2 aromatic rings. The first-order valence-corrected chi connectivity index (χ1v) is 5.92. The molecule has 0 bridgehead atoms. The van der Waals surface area contributed by atoms with Crippen LogP contribution < -0.4 is 0 Å². The van der Waals surface area contributed by atoms with E-state index in [2.05, 4.69) is 17.2 Å². The summed E-state index contributed by atoms with van der Waals surface area (Å²) in [6.07, 6.45) is 4.86. The van der Waals surface area contributed by atoms with Gasteiger partial charge in [-0.3, -0.25) is 4.68 Å². The summed E-state index contributed by atoms with van der Waals surface area (Å²) in [5.41, 5.74) is 1.15. The second-order valence-corrected chi connectivity index (χ2v) is 3.98. The molecule has 2 rings (SSSR count). The van der Waals surface area contributed by atoms with Crippen molar-refractivity contribution in [2.75, 3.05) is 0 Å². The Morgan fingerprint density at radius 3 is 2.89 bits per heavy atom. The van der Waals surface area contributed by atoms with Crippen LogP contribution in [0.5, 0.6) is 0 Å². The van der Waals surface area contributed by atoms with Gasteiger partial charge in [0, 0.05) is 24.7 Å². The van der Waals surface area contributed by atoms with Crippen LogP contribution in [0, 0.1) is 0 Å². The Hall–Kier alpha value is -2.11. The molecule has 0 aromatic carbocycles. The Labute approximate surface area is 104 Å². The monoisotopic (exact) mass is 249 g/mol. The molecular formula is C12H15N3O3. The minimum atomic E-state index is -1.02. The third kappa shape index (κ3) is 2.13. The topological polar surface area (TPSA) is 81.2 Å². The van der Waals surface area contributed by atoms with Crippen LogP contribution in [0.25, 0.3) is 11.3 Å². The van der Waals surface area contributed by atoms with E-state index in [1.54, 1.807) is 17.1 Å². The standard InChI is InChI=1S/C12H15N3O3/c1-3-5-15-7-8(6-13-15)11-10(12(16)17)9(4-2)18-14-11/h6-7H,3-5H2,1-2H3,(H,16,17). The van der Waals surface area contributed by atoms with Crippen LogP contribution in [0.2, 0.25) is 0 Å². The van der Waals surface area contributed by atoms with Crippen LogP contribution in [0.1, 0.15) is 36.4 Å². The maximum atomic E-state index is 11.2. The predicted octanol–water partition coefficient (Wildman–Crippen LogP) is 2.21. The van der Waals surface area contributed by atoms with Gasteiger partial charge in [-0.2, -0.15) is 5.10 Å². The molecule has 0 aliphatic carbocycles. The molecule has 0 aliphatic rings. The predicted molar refractivity (Wildman–Crippen MR) is 64.4 cm³/mol. The molecule has 2 aromatic heterocycles. The molecule has 1 N–H and O–H groups in total. The van der Waals surface area contributed by atoms with Crippen molar-refractivity contribution in [3.05, 3.63) is 23.7 Å². The molecule has 0 radical (unpaired) electrons. The van der Waals surface area contributed by atoms with E-state index < -0.39 is 5.97 Å². The highest BCUT2D eigenvalue weighted by atomic mass is 16.5. The second kappa shape index (κ2) is 5.03. The van der Waals surface area contributed by atoms with Gasteiger partial charge in [-0.1, -0.05) is 19.0 Å². The fourth-order valence-corrected chi connectivity index (χ4v) is 1.82. The summed E-state index contributed by atoms with van der Waals surface area (Å²) in [6.45, 7) is 4.67. The Morgan fingerprint density at radius 1 is 1.50 bits per heavy atom. The highest BCUT2D eigenvalue weighted by molar-refractivity contribution is 5.95. The third-order valence-corrected chi connectivity index (χ3v) is 2.66. The van der Waals surface area contributed by atoms with Gasteiger partial charge >= 0.3 is 5.97 Å². The van der Waals surface area contributed by atoms with Gasteiger partial charge in [0.1, 0.15) is 11.3 Å². The number of hydrogen-bond acceptors (Lipinski definition) is 4. The van der Waals surface area contributed by atoms with Gasteiger partial charge in [-0.15, -0.1) is 0 Å². The number of carboxylic acids is 1. The fourth-order valence-electron chi connectivity index (χ4n) is 1.82. The lowest BCUT2D eigenvalue weighted by Crippen LogP contribution is -2.00. The summed E-state index contributed by atoms with van der Waals surface area (Å²) in [6, 6.07) is 0. The number of aryl methyl sites for hydroxylation is 2. The van der Waals surface area contributed by atoms with Crippen LogP contribution in [0.15, 0.2) is 16.9 Å². The molecule has 0 saturated carbocycles. The molecule has 96 valence electrons. The van der Waals surface area contributed by atoms with Gasteiger partial charge in [-0.05, 0) is 6.42 Å². The zero-order valence-electron chi connectivity index (χ0n) is 10.4. The van der Waals surface area contributed by atoms with Crippen molar-refractivity contribution in [2.45, 2.75) is 33.2 Å². The zero-order valence-corrected chi connectivity index (χ0v) is 10.4. The van der Waals surface area contributed by atoms with E-state index in [0.29, 0.717) is 23.4 Å². The van der Waals surface area contributed by atoms with Crippen LogP contribution in [0.4, 0.5) is 0 Å². The number of nitrogens with zero attached hydrogens (tertiary/aromatic N) is 3. The van der Waals surface area contributed by atoms with E-state index in [1.807, 2.05) is 6.92 Å². The van der Waals surface area contributed by atoms with Crippen molar-refractivity contribution in [2.24, 2.45) is 0 Å². The molecule has 2 heterocycles. The van der Waals surface area contributed by atoms with Crippen molar-refractivity contribution in [1.29, 1.82) is 0 Å². The molecule has 0 spiro atoms. The van der Waals surface area contributed by atoms with Crippen LogP contribution >= 0.6 is 0 Å². The average Bonchev–Trinajstić information content (AvgIpc) is 2.94. The summed E-state index contributed by atoms with van der Waals surface area (Å²) >= 11 is 0. The minimum absolute atomic E-state index is 0.133. The lowest BCUT2D eigenvalue weighted by molar-refractivity contribution is 0.0695. The van der Waals surface area contributed by atoms with Gasteiger partial charge in [0.15, 0.2) is 5.76 Å². The average molecular weight is 249 g/mol. The molecule has 0 saturated heterocycles. The normalized spacial score (nSPS) is 10.8. The Morgan fingerprint density at radius 2 is 2.28 bits per heavy atom. The quantitative estimate of drug-likeness (QED) is 0.878. The SMILES string of the molecule is CCCn1cc(-c2noc(CC)c2C(=O)O)cn1. The third-order valence-electron chi connectivity index (χ3n) is 2.66. The van der Waals surface area contributed by atoms with Crippen molar-refractivity contribution in [3.63, 3.8) is 0 Å². The van der Waals surface area contributed by atoms with Crippen molar-refractivity contribution < 1.29 is 14.4 Å². The number of carbonyl (C=O) groups is 1. The van der Waals surface area contributed by atoms with Crippen molar-refractivity contribution in [1.82, 2.24) is 14.9 Å². The first-order valence-electron chi connectivity index (χ1n) is 5.92. The first kappa shape index (κ1) is 12.3. The molecule has 6 nitrogen and oxygen atoms in total. The number of hydrogen-bond donors (Lipinski definition) is 1. The maximum Gasteiger partial charge on any atom is 0.341 e. The second-order valence-electron chi connectivity index (χ2n) is 3.98.